The minimum Gasteiger partial charge on any atom is -0.444 e. The van der Waals surface area contributed by atoms with Crippen LogP contribution < -0.4 is 10.6 Å². The van der Waals surface area contributed by atoms with Crippen LogP contribution in [-0.4, -0.2) is 40.4 Å². The van der Waals surface area contributed by atoms with Crippen molar-refractivity contribution >= 4 is 6.09 Å². The highest BCUT2D eigenvalue weighted by atomic mass is 16.6. The third-order valence-corrected chi connectivity index (χ3v) is 3.42. The molecule has 1 unspecified atom stereocenters. The van der Waals surface area contributed by atoms with Crippen LogP contribution in [0.15, 0.2) is 12.5 Å². The van der Waals surface area contributed by atoms with Gasteiger partial charge in [-0.2, -0.15) is 0 Å². The second kappa shape index (κ2) is 7.13. The fourth-order valence-electron chi connectivity index (χ4n) is 2.25. The molecule has 1 amide bonds. The van der Waals surface area contributed by atoms with E-state index in [4.69, 9.17) is 4.74 Å². The number of aromatic nitrogens is 2. The van der Waals surface area contributed by atoms with Crippen LogP contribution in [0.3, 0.4) is 0 Å². The van der Waals surface area contributed by atoms with Gasteiger partial charge in [0, 0.05) is 37.8 Å². The summed E-state index contributed by atoms with van der Waals surface area (Å²) in [5, 5.41) is 6.13. The standard InChI is InChI=1S/C16H28N4O2/c1-12(9-20-10-14(19-11-20)13-5-6-13)17-7-8-18-15(21)22-16(2,3)4/h10-13,17H,5-9H2,1-4H3,(H,18,21). The van der Waals surface area contributed by atoms with E-state index >= 15 is 0 Å². The SMILES string of the molecule is CC(Cn1cnc(C2CC2)c1)NCCNC(=O)OC(C)(C)C. The summed E-state index contributed by atoms with van der Waals surface area (Å²) < 4.78 is 7.31. The van der Waals surface area contributed by atoms with Gasteiger partial charge in [-0.3, -0.25) is 0 Å². The molecule has 1 fully saturated rings. The number of rotatable bonds is 7. The number of amides is 1. The summed E-state index contributed by atoms with van der Waals surface area (Å²) in [5.74, 6) is 0.697. The van der Waals surface area contributed by atoms with Crippen molar-refractivity contribution in [3.8, 4) is 0 Å². The van der Waals surface area contributed by atoms with Gasteiger partial charge in [-0.25, -0.2) is 9.78 Å². The van der Waals surface area contributed by atoms with Crippen molar-refractivity contribution in [3.05, 3.63) is 18.2 Å². The van der Waals surface area contributed by atoms with Crippen LogP contribution >= 0.6 is 0 Å². The molecule has 6 nitrogen and oxygen atoms in total. The van der Waals surface area contributed by atoms with E-state index in [0.717, 1.165) is 6.54 Å². The highest BCUT2D eigenvalue weighted by molar-refractivity contribution is 5.67. The molecule has 0 aliphatic heterocycles. The van der Waals surface area contributed by atoms with Gasteiger partial charge in [0.05, 0.1) is 12.0 Å². The van der Waals surface area contributed by atoms with Gasteiger partial charge < -0.3 is 19.9 Å². The topological polar surface area (TPSA) is 68.2 Å². The Labute approximate surface area is 132 Å². The highest BCUT2D eigenvalue weighted by Gasteiger charge is 2.25. The highest BCUT2D eigenvalue weighted by Crippen LogP contribution is 2.38. The van der Waals surface area contributed by atoms with Crippen molar-refractivity contribution < 1.29 is 9.53 Å². The first-order valence-electron chi connectivity index (χ1n) is 8.05. The number of hydrogen-bond donors (Lipinski definition) is 2. The molecule has 0 aromatic carbocycles. The molecule has 1 heterocycles. The molecule has 124 valence electrons. The zero-order chi connectivity index (χ0) is 16.2. The monoisotopic (exact) mass is 308 g/mol. The van der Waals surface area contributed by atoms with Crippen LogP contribution in [0.4, 0.5) is 4.79 Å². The summed E-state index contributed by atoms with van der Waals surface area (Å²) >= 11 is 0. The Kier molecular flexibility index (Phi) is 5.45. The van der Waals surface area contributed by atoms with E-state index in [1.54, 1.807) is 0 Å². The third-order valence-electron chi connectivity index (χ3n) is 3.42. The van der Waals surface area contributed by atoms with Crippen LogP contribution in [0.2, 0.25) is 0 Å². The van der Waals surface area contributed by atoms with Gasteiger partial charge in [-0.15, -0.1) is 0 Å². The third kappa shape index (κ3) is 6.05. The van der Waals surface area contributed by atoms with Crippen molar-refractivity contribution in [2.75, 3.05) is 13.1 Å². The van der Waals surface area contributed by atoms with Crippen LogP contribution in [0.5, 0.6) is 0 Å². The number of alkyl carbamates (subject to hydrolysis) is 1. The van der Waals surface area contributed by atoms with Crippen molar-refractivity contribution in [2.45, 2.75) is 64.6 Å². The Balaban J connectivity index is 1.59. The number of carbonyl (C=O) groups excluding carboxylic acids is 1. The van der Waals surface area contributed by atoms with Gasteiger partial charge in [0.15, 0.2) is 0 Å². The molecule has 1 atom stereocenters. The molecule has 22 heavy (non-hydrogen) atoms. The summed E-state index contributed by atoms with van der Waals surface area (Å²) in [4.78, 5) is 15.9. The van der Waals surface area contributed by atoms with Gasteiger partial charge in [-0.1, -0.05) is 0 Å². The van der Waals surface area contributed by atoms with E-state index in [0.29, 0.717) is 25.0 Å². The predicted molar refractivity (Wildman–Crippen MR) is 85.9 cm³/mol. The molecule has 1 aromatic heterocycles. The summed E-state index contributed by atoms with van der Waals surface area (Å²) in [7, 11) is 0. The van der Waals surface area contributed by atoms with E-state index in [9.17, 15) is 4.79 Å². The molecule has 0 radical (unpaired) electrons. The zero-order valence-electron chi connectivity index (χ0n) is 14.1. The maximum Gasteiger partial charge on any atom is 0.407 e. The number of carbonyl (C=O) groups is 1. The number of ether oxygens (including phenoxy) is 1. The molecule has 0 bridgehead atoms. The van der Waals surface area contributed by atoms with Crippen molar-refractivity contribution in [1.29, 1.82) is 0 Å². The van der Waals surface area contributed by atoms with Crippen LogP contribution in [0, 0.1) is 0 Å². The Morgan fingerprint density at radius 3 is 2.82 bits per heavy atom. The Morgan fingerprint density at radius 1 is 1.45 bits per heavy atom. The first-order valence-corrected chi connectivity index (χ1v) is 8.05. The maximum absolute atomic E-state index is 11.5. The predicted octanol–water partition coefficient (Wildman–Crippen LogP) is 2.26. The lowest BCUT2D eigenvalue weighted by Crippen LogP contribution is -2.39. The molecule has 1 aromatic rings. The molecular formula is C16H28N4O2. The molecule has 1 saturated carbocycles. The average Bonchev–Trinajstić information content (AvgIpc) is 3.14. The van der Waals surface area contributed by atoms with Gasteiger partial charge in [0.25, 0.3) is 0 Å². The normalized spacial score (nSPS) is 16.4. The minimum atomic E-state index is -0.453. The van der Waals surface area contributed by atoms with Gasteiger partial charge >= 0.3 is 6.09 Å². The Hall–Kier alpha value is -1.56. The summed E-state index contributed by atoms with van der Waals surface area (Å²) in [6.45, 7) is 9.84. The Bertz CT molecular complexity index is 489. The fraction of sp³-hybridized carbons (Fsp3) is 0.750. The minimum absolute atomic E-state index is 0.321. The van der Waals surface area contributed by atoms with Gasteiger partial charge in [-0.05, 0) is 40.5 Å². The van der Waals surface area contributed by atoms with Gasteiger partial charge in [0.1, 0.15) is 5.60 Å². The van der Waals surface area contributed by atoms with Crippen LogP contribution in [0.25, 0.3) is 0 Å². The number of hydrogen-bond acceptors (Lipinski definition) is 4. The van der Waals surface area contributed by atoms with Crippen molar-refractivity contribution in [2.24, 2.45) is 0 Å². The lowest BCUT2D eigenvalue weighted by atomic mass is 10.2. The van der Waals surface area contributed by atoms with E-state index in [2.05, 4.69) is 33.3 Å². The van der Waals surface area contributed by atoms with E-state index in [1.807, 2.05) is 27.1 Å². The van der Waals surface area contributed by atoms with E-state index < -0.39 is 5.60 Å². The number of imidazole rings is 1. The first-order chi connectivity index (χ1) is 10.3. The number of nitrogens with zero attached hydrogens (tertiary/aromatic N) is 2. The zero-order valence-corrected chi connectivity index (χ0v) is 14.1. The summed E-state index contributed by atoms with van der Waals surface area (Å²) in [5.41, 5.74) is 0.768. The first kappa shape index (κ1) is 16.8. The van der Waals surface area contributed by atoms with Gasteiger partial charge in [0.2, 0.25) is 0 Å². The van der Waals surface area contributed by atoms with Crippen molar-refractivity contribution in [1.82, 2.24) is 20.2 Å². The fourth-order valence-corrected chi connectivity index (χ4v) is 2.25. The molecule has 1 aliphatic carbocycles. The smallest absolute Gasteiger partial charge is 0.407 e. The second-order valence-electron chi connectivity index (χ2n) is 7.05. The quantitative estimate of drug-likeness (QED) is 0.758. The molecular weight excluding hydrogens is 280 g/mol. The molecule has 2 rings (SSSR count). The largest absolute Gasteiger partial charge is 0.444 e. The maximum atomic E-state index is 11.5. The van der Waals surface area contributed by atoms with Crippen LogP contribution in [-0.2, 0) is 11.3 Å². The van der Waals surface area contributed by atoms with E-state index in [1.165, 1.54) is 18.5 Å². The lowest BCUT2D eigenvalue weighted by Gasteiger charge is -2.20. The molecule has 0 saturated heterocycles. The molecule has 1 aliphatic rings. The molecule has 2 N–H and O–H groups in total. The molecule has 6 heteroatoms. The second-order valence-corrected chi connectivity index (χ2v) is 7.05. The van der Waals surface area contributed by atoms with E-state index in [-0.39, 0.29) is 6.09 Å². The van der Waals surface area contributed by atoms with Crippen LogP contribution in [0.1, 0.15) is 52.1 Å². The summed E-state index contributed by atoms with van der Waals surface area (Å²) in [6, 6.07) is 0.321. The van der Waals surface area contributed by atoms with Crippen molar-refractivity contribution in [3.63, 3.8) is 0 Å². The molecule has 0 spiro atoms. The Morgan fingerprint density at radius 2 is 2.18 bits per heavy atom. The number of nitrogens with one attached hydrogen (secondary N) is 2. The lowest BCUT2D eigenvalue weighted by molar-refractivity contribution is 0.0528. The summed E-state index contributed by atoms with van der Waals surface area (Å²) in [6.07, 6.45) is 6.24. The average molecular weight is 308 g/mol.